The fourth-order valence-corrected chi connectivity index (χ4v) is 2.89. The molecule has 2 aromatic rings. The standard InChI is InChI=1S/C19H19BrN4O5S/c1-11(2)13-5-8-16(15(20)9-13)29-10-17(25)22-23-19(30)21-18(26)12-3-6-14(7-4-12)24(27)28/h3-9,11H,10H2,1-2H3,(H,22,25)(H2,21,23,26,30). The van der Waals surface area contributed by atoms with E-state index < -0.39 is 16.7 Å². The van der Waals surface area contributed by atoms with Gasteiger partial charge in [0.1, 0.15) is 5.75 Å². The molecule has 11 heteroatoms. The Hall–Kier alpha value is -3.05. The van der Waals surface area contributed by atoms with Crippen LogP contribution in [0.25, 0.3) is 0 Å². The largest absolute Gasteiger partial charge is 0.483 e. The predicted octanol–water partition coefficient (Wildman–Crippen LogP) is 3.20. The molecule has 3 N–H and O–H groups in total. The molecule has 2 aromatic carbocycles. The van der Waals surface area contributed by atoms with Gasteiger partial charge in [-0.3, -0.25) is 35.9 Å². The summed E-state index contributed by atoms with van der Waals surface area (Å²) in [6.45, 7) is 3.88. The van der Waals surface area contributed by atoms with E-state index in [0.29, 0.717) is 11.7 Å². The smallest absolute Gasteiger partial charge is 0.276 e. The average molecular weight is 495 g/mol. The second-order valence-electron chi connectivity index (χ2n) is 6.39. The number of rotatable bonds is 6. The Kier molecular flexibility index (Phi) is 8.25. The van der Waals surface area contributed by atoms with Gasteiger partial charge in [0.25, 0.3) is 17.5 Å². The molecule has 0 atom stereocenters. The minimum Gasteiger partial charge on any atom is -0.483 e. The molecule has 9 nitrogen and oxygen atoms in total. The molecular formula is C19H19BrN4O5S. The van der Waals surface area contributed by atoms with Gasteiger partial charge in [0.2, 0.25) is 0 Å². The third-order valence-electron chi connectivity index (χ3n) is 3.86. The molecule has 158 valence electrons. The van der Waals surface area contributed by atoms with Crippen molar-refractivity contribution in [3.05, 3.63) is 68.2 Å². The number of halogens is 1. The van der Waals surface area contributed by atoms with Crippen LogP contribution < -0.4 is 20.9 Å². The number of nitro benzene ring substituents is 1. The minimum atomic E-state index is -0.581. The monoisotopic (exact) mass is 494 g/mol. The van der Waals surface area contributed by atoms with E-state index in [9.17, 15) is 19.7 Å². The number of hydrogen-bond acceptors (Lipinski definition) is 6. The molecule has 0 aliphatic rings. The molecular weight excluding hydrogens is 476 g/mol. The van der Waals surface area contributed by atoms with Crippen LogP contribution in [0, 0.1) is 10.1 Å². The number of thiocarbonyl (C=S) groups is 1. The first-order chi connectivity index (χ1) is 14.2. The normalized spacial score (nSPS) is 10.3. The summed E-state index contributed by atoms with van der Waals surface area (Å²) < 4.78 is 6.20. The number of benzene rings is 2. The van der Waals surface area contributed by atoms with Gasteiger partial charge in [-0.15, -0.1) is 0 Å². The van der Waals surface area contributed by atoms with Gasteiger partial charge < -0.3 is 4.74 Å². The zero-order valence-corrected chi connectivity index (χ0v) is 18.5. The van der Waals surface area contributed by atoms with Crippen LogP contribution in [0.3, 0.4) is 0 Å². The molecule has 0 aliphatic heterocycles. The van der Waals surface area contributed by atoms with Crippen LogP contribution in [0.1, 0.15) is 35.7 Å². The third kappa shape index (κ3) is 6.78. The van der Waals surface area contributed by atoms with Crippen molar-refractivity contribution in [2.24, 2.45) is 0 Å². The fraction of sp³-hybridized carbons (Fsp3) is 0.211. The summed E-state index contributed by atoms with van der Waals surface area (Å²) in [5, 5.41) is 12.8. The molecule has 2 rings (SSSR count). The number of nitro groups is 1. The molecule has 0 spiro atoms. The van der Waals surface area contributed by atoms with E-state index in [1.54, 1.807) is 6.07 Å². The van der Waals surface area contributed by atoms with Crippen LogP contribution in [0.5, 0.6) is 5.75 Å². The van der Waals surface area contributed by atoms with Gasteiger partial charge in [-0.05, 0) is 63.9 Å². The van der Waals surface area contributed by atoms with Crippen molar-refractivity contribution in [3.8, 4) is 5.75 Å². The quantitative estimate of drug-likeness (QED) is 0.320. The van der Waals surface area contributed by atoms with Crippen LogP contribution in [0.2, 0.25) is 0 Å². The molecule has 0 saturated carbocycles. The number of carbonyl (C=O) groups excluding carboxylic acids is 2. The molecule has 0 heterocycles. The highest BCUT2D eigenvalue weighted by atomic mass is 79.9. The van der Waals surface area contributed by atoms with Gasteiger partial charge in [-0.25, -0.2) is 0 Å². The summed E-state index contributed by atoms with van der Waals surface area (Å²) >= 11 is 8.35. The van der Waals surface area contributed by atoms with E-state index in [1.807, 2.05) is 12.1 Å². The number of non-ortho nitro benzene ring substituents is 1. The molecule has 0 bridgehead atoms. The highest BCUT2D eigenvalue weighted by molar-refractivity contribution is 9.10. The van der Waals surface area contributed by atoms with Crippen LogP contribution in [-0.2, 0) is 4.79 Å². The van der Waals surface area contributed by atoms with Gasteiger partial charge >= 0.3 is 0 Å². The van der Waals surface area contributed by atoms with Crippen molar-refractivity contribution in [2.45, 2.75) is 19.8 Å². The molecule has 0 fully saturated rings. The first kappa shape index (κ1) is 23.2. The second-order valence-corrected chi connectivity index (χ2v) is 7.66. The van der Waals surface area contributed by atoms with Crippen molar-refractivity contribution in [3.63, 3.8) is 0 Å². The van der Waals surface area contributed by atoms with Crippen molar-refractivity contribution in [2.75, 3.05) is 6.61 Å². The predicted molar refractivity (Wildman–Crippen MR) is 118 cm³/mol. The number of amides is 2. The summed E-state index contributed by atoms with van der Waals surface area (Å²) in [5.74, 6) is -0.211. The minimum absolute atomic E-state index is 0.134. The first-order valence-electron chi connectivity index (χ1n) is 8.74. The number of carbonyl (C=O) groups is 2. The van der Waals surface area contributed by atoms with E-state index in [2.05, 4.69) is 45.9 Å². The lowest BCUT2D eigenvalue weighted by Gasteiger charge is -2.13. The van der Waals surface area contributed by atoms with Crippen molar-refractivity contribution < 1.29 is 19.2 Å². The topological polar surface area (TPSA) is 123 Å². The maximum atomic E-state index is 12.1. The Labute approximate surface area is 186 Å². The second kappa shape index (κ2) is 10.6. The third-order valence-corrected chi connectivity index (χ3v) is 4.69. The molecule has 0 unspecified atom stereocenters. The Balaban J connectivity index is 1.78. The molecule has 0 saturated heterocycles. The van der Waals surface area contributed by atoms with E-state index >= 15 is 0 Å². The van der Waals surface area contributed by atoms with Gasteiger partial charge in [0.15, 0.2) is 11.7 Å². The number of nitrogens with zero attached hydrogens (tertiary/aromatic N) is 1. The maximum Gasteiger partial charge on any atom is 0.276 e. The summed E-state index contributed by atoms with van der Waals surface area (Å²) in [5.41, 5.74) is 5.87. The molecule has 0 aromatic heterocycles. The Morgan fingerprint density at radius 3 is 2.40 bits per heavy atom. The van der Waals surface area contributed by atoms with Crippen molar-refractivity contribution in [1.29, 1.82) is 0 Å². The van der Waals surface area contributed by atoms with Gasteiger partial charge in [-0.2, -0.15) is 0 Å². The molecule has 2 amide bonds. The van der Waals surface area contributed by atoms with E-state index in [4.69, 9.17) is 17.0 Å². The van der Waals surface area contributed by atoms with E-state index in [1.165, 1.54) is 24.3 Å². The first-order valence-corrected chi connectivity index (χ1v) is 9.94. The number of nitrogens with one attached hydrogen (secondary N) is 3. The zero-order chi connectivity index (χ0) is 22.3. The van der Waals surface area contributed by atoms with Crippen molar-refractivity contribution >= 4 is 50.8 Å². The van der Waals surface area contributed by atoms with Crippen LogP contribution in [0.4, 0.5) is 5.69 Å². The number of ether oxygens (including phenoxy) is 1. The summed E-state index contributed by atoms with van der Waals surface area (Å²) in [6, 6.07) is 10.6. The van der Waals surface area contributed by atoms with Crippen LogP contribution in [0.15, 0.2) is 46.9 Å². The highest BCUT2D eigenvalue weighted by Gasteiger charge is 2.12. The SMILES string of the molecule is CC(C)c1ccc(OCC(=O)NNC(=S)NC(=O)c2ccc([N+](=O)[O-])cc2)c(Br)c1. The van der Waals surface area contributed by atoms with Gasteiger partial charge in [0.05, 0.1) is 9.40 Å². The number of hydrazine groups is 1. The van der Waals surface area contributed by atoms with Gasteiger partial charge in [-0.1, -0.05) is 19.9 Å². The Bertz CT molecular complexity index is 966. The number of hydrogen-bond donors (Lipinski definition) is 3. The lowest BCUT2D eigenvalue weighted by Crippen LogP contribution is -2.49. The van der Waals surface area contributed by atoms with E-state index in [0.717, 1.165) is 10.0 Å². The maximum absolute atomic E-state index is 12.1. The lowest BCUT2D eigenvalue weighted by molar-refractivity contribution is -0.384. The molecule has 0 radical (unpaired) electrons. The Morgan fingerprint density at radius 2 is 1.83 bits per heavy atom. The lowest BCUT2D eigenvalue weighted by atomic mass is 10.0. The summed E-state index contributed by atoms with van der Waals surface area (Å²) in [4.78, 5) is 34.0. The zero-order valence-electron chi connectivity index (χ0n) is 16.1. The molecule has 0 aliphatic carbocycles. The van der Waals surface area contributed by atoms with E-state index in [-0.39, 0.29) is 23.0 Å². The van der Waals surface area contributed by atoms with Gasteiger partial charge in [0, 0.05) is 17.7 Å². The summed E-state index contributed by atoms with van der Waals surface area (Å²) in [6.07, 6.45) is 0. The molecule has 30 heavy (non-hydrogen) atoms. The fourth-order valence-electron chi connectivity index (χ4n) is 2.24. The Morgan fingerprint density at radius 1 is 1.17 bits per heavy atom. The highest BCUT2D eigenvalue weighted by Crippen LogP contribution is 2.28. The van der Waals surface area contributed by atoms with Crippen LogP contribution in [-0.4, -0.2) is 28.5 Å². The van der Waals surface area contributed by atoms with Crippen LogP contribution >= 0.6 is 28.1 Å². The summed E-state index contributed by atoms with van der Waals surface area (Å²) in [7, 11) is 0. The van der Waals surface area contributed by atoms with Crippen molar-refractivity contribution in [1.82, 2.24) is 16.2 Å². The average Bonchev–Trinajstić information content (AvgIpc) is 2.71.